The van der Waals surface area contributed by atoms with Gasteiger partial charge in [-0.15, -0.1) is 0 Å². The molecule has 0 saturated carbocycles. The number of hydrogen-bond acceptors (Lipinski definition) is 1. The minimum Gasteiger partial charge on any atom is -0.392 e. The van der Waals surface area contributed by atoms with Crippen LogP contribution in [0.25, 0.3) is 0 Å². The molecule has 0 bridgehead atoms. The highest BCUT2D eigenvalue weighted by atomic mass is 79.9. The van der Waals surface area contributed by atoms with Crippen LogP contribution in [0.3, 0.4) is 0 Å². The number of aliphatic hydroxyl groups excluding tert-OH is 1. The van der Waals surface area contributed by atoms with Crippen molar-refractivity contribution in [1.29, 1.82) is 0 Å². The zero-order chi connectivity index (χ0) is 14.7. The van der Waals surface area contributed by atoms with E-state index in [9.17, 15) is 5.11 Å². The van der Waals surface area contributed by atoms with Crippen molar-refractivity contribution in [2.75, 3.05) is 0 Å². The lowest BCUT2D eigenvalue weighted by Crippen LogP contribution is -2.14. The maximum absolute atomic E-state index is 10.3. The van der Waals surface area contributed by atoms with E-state index >= 15 is 0 Å². The number of hydrogen-bond donors (Lipinski definition) is 1. The first-order valence-corrected chi connectivity index (χ1v) is 7.80. The van der Waals surface area contributed by atoms with Gasteiger partial charge >= 0.3 is 0 Å². The Morgan fingerprint density at radius 2 is 1.70 bits per heavy atom. The van der Waals surface area contributed by atoms with Crippen LogP contribution in [0.1, 0.15) is 22.3 Å². The topological polar surface area (TPSA) is 20.2 Å². The summed E-state index contributed by atoms with van der Waals surface area (Å²) in [6.07, 6.45) is 0.795. The molecule has 0 radical (unpaired) electrons. The molecule has 0 amide bonds. The number of halogens is 2. The van der Waals surface area contributed by atoms with E-state index in [4.69, 9.17) is 11.6 Å². The van der Waals surface area contributed by atoms with Crippen LogP contribution in [0.15, 0.2) is 40.9 Å². The van der Waals surface area contributed by atoms with Gasteiger partial charge in [0.1, 0.15) is 0 Å². The molecule has 2 aromatic rings. The Bertz CT molecular complexity index is 590. The molecule has 0 aromatic heterocycles. The lowest BCUT2D eigenvalue weighted by atomic mass is 9.98. The molecule has 0 aliphatic heterocycles. The Morgan fingerprint density at radius 3 is 2.30 bits per heavy atom. The van der Waals surface area contributed by atoms with Gasteiger partial charge in [0, 0.05) is 15.9 Å². The Kier molecular flexibility index (Phi) is 5.25. The largest absolute Gasteiger partial charge is 0.392 e. The van der Waals surface area contributed by atoms with Crippen molar-refractivity contribution in [3.8, 4) is 0 Å². The highest BCUT2D eigenvalue weighted by molar-refractivity contribution is 9.10. The highest BCUT2D eigenvalue weighted by Crippen LogP contribution is 2.23. The molecule has 0 saturated heterocycles. The zero-order valence-corrected chi connectivity index (χ0v) is 14.0. The van der Waals surface area contributed by atoms with E-state index in [0.29, 0.717) is 17.9 Å². The van der Waals surface area contributed by atoms with Gasteiger partial charge in [-0.05, 0) is 43.5 Å². The van der Waals surface area contributed by atoms with Crippen LogP contribution in [0.4, 0.5) is 0 Å². The van der Waals surface area contributed by atoms with Crippen LogP contribution in [0.5, 0.6) is 0 Å². The monoisotopic (exact) mass is 352 g/mol. The smallest absolute Gasteiger partial charge is 0.0621 e. The maximum atomic E-state index is 10.3. The summed E-state index contributed by atoms with van der Waals surface area (Å²) in [5.74, 6) is 0. The van der Waals surface area contributed by atoms with Gasteiger partial charge in [-0.3, -0.25) is 0 Å². The van der Waals surface area contributed by atoms with Gasteiger partial charge in [-0.1, -0.05) is 62.9 Å². The standard InChI is InChI=1S/C17H18BrClO/c1-11-5-12(2)7-13(6-11)8-16(20)9-14-3-4-15(18)10-17(14)19/h3-7,10,16,20H,8-9H2,1-2H3. The van der Waals surface area contributed by atoms with Gasteiger partial charge < -0.3 is 5.11 Å². The molecule has 1 atom stereocenters. The van der Waals surface area contributed by atoms with E-state index in [1.54, 1.807) is 0 Å². The minimum atomic E-state index is -0.421. The van der Waals surface area contributed by atoms with Crippen molar-refractivity contribution in [1.82, 2.24) is 0 Å². The quantitative estimate of drug-likeness (QED) is 0.832. The van der Waals surface area contributed by atoms with Crippen LogP contribution in [-0.2, 0) is 12.8 Å². The second kappa shape index (κ2) is 6.75. The third kappa shape index (κ3) is 4.34. The average molecular weight is 354 g/mol. The molecule has 0 fully saturated rings. The number of benzene rings is 2. The van der Waals surface area contributed by atoms with Gasteiger partial charge in [0.05, 0.1) is 6.10 Å². The fourth-order valence-corrected chi connectivity index (χ4v) is 3.22. The van der Waals surface area contributed by atoms with Crippen LogP contribution < -0.4 is 0 Å². The van der Waals surface area contributed by atoms with Crippen molar-refractivity contribution in [3.05, 3.63) is 68.1 Å². The summed E-state index contributed by atoms with van der Waals surface area (Å²) in [7, 11) is 0. The lowest BCUT2D eigenvalue weighted by molar-refractivity contribution is 0.175. The summed E-state index contributed by atoms with van der Waals surface area (Å²) in [5.41, 5.74) is 4.61. The van der Waals surface area contributed by atoms with E-state index in [1.165, 1.54) is 16.7 Å². The Hall–Kier alpha value is -0.830. The summed E-state index contributed by atoms with van der Waals surface area (Å²) in [6, 6.07) is 12.2. The predicted octanol–water partition coefficient (Wildman–Crippen LogP) is 4.87. The van der Waals surface area contributed by atoms with E-state index < -0.39 is 6.10 Å². The average Bonchev–Trinajstić information content (AvgIpc) is 2.31. The van der Waals surface area contributed by atoms with E-state index in [0.717, 1.165) is 10.0 Å². The third-order valence-corrected chi connectivity index (χ3v) is 4.07. The molecule has 0 aliphatic rings. The van der Waals surface area contributed by atoms with Crippen LogP contribution >= 0.6 is 27.5 Å². The van der Waals surface area contributed by atoms with Gasteiger partial charge in [0.15, 0.2) is 0 Å². The molecule has 2 aromatic carbocycles. The fraction of sp³-hybridized carbons (Fsp3) is 0.294. The first kappa shape index (κ1) is 15.6. The first-order valence-electron chi connectivity index (χ1n) is 6.63. The van der Waals surface area contributed by atoms with Gasteiger partial charge in [0.2, 0.25) is 0 Å². The Balaban J connectivity index is 2.06. The summed E-state index contributed by atoms with van der Waals surface area (Å²) < 4.78 is 0.954. The maximum Gasteiger partial charge on any atom is 0.0621 e. The Labute approximate surface area is 133 Å². The summed E-state index contributed by atoms with van der Waals surface area (Å²) in [5, 5.41) is 11.0. The van der Waals surface area contributed by atoms with Gasteiger partial charge in [0.25, 0.3) is 0 Å². The molecule has 1 nitrogen and oxygen atoms in total. The Morgan fingerprint density at radius 1 is 1.05 bits per heavy atom. The van der Waals surface area contributed by atoms with Gasteiger partial charge in [-0.25, -0.2) is 0 Å². The van der Waals surface area contributed by atoms with Crippen LogP contribution in [0.2, 0.25) is 5.02 Å². The van der Waals surface area contributed by atoms with E-state index in [-0.39, 0.29) is 0 Å². The minimum absolute atomic E-state index is 0.421. The van der Waals surface area contributed by atoms with Crippen molar-refractivity contribution in [3.63, 3.8) is 0 Å². The number of rotatable bonds is 4. The number of aliphatic hydroxyl groups is 1. The molecule has 0 spiro atoms. The van der Waals surface area contributed by atoms with Gasteiger partial charge in [-0.2, -0.15) is 0 Å². The molecular formula is C17H18BrClO. The molecule has 0 heterocycles. The predicted molar refractivity (Wildman–Crippen MR) is 88.5 cm³/mol. The van der Waals surface area contributed by atoms with Crippen molar-refractivity contribution < 1.29 is 5.11 Å². The van der Waals surface area contributed by atoms with Crippen LogP contribution in [-0.4, -0.2) is 11.2 Å². The second-order valence-electron chi connectivity index (χ2n) is 5.29. The fourth-order valence-electron chi connectivity index (χ4n) is 2.47. The highest BCUT2D eigenvalue weighted by Gasteiger charge is 2.10. The molecular weight excluding hydrogens is 336 g/mol. The molecule has 0 aliphatic carbocycles. The summed E-state index contributed by atoms with van der Waals surface area (Å²) >= 11 is 9.57. The number of aryl methyl sites for hydroxylation is 2. The molecule has 1 N–H and O–H groups in total. The lowest BCUT2D eigenvalue weighted by Gasteiger charge is -2.13. The summed E-state index contributed by atoms with van der Waals surface area (Å²) in [6.45, 7) is 4.16. The molecule has 3 heteroatoms. The first-order chi connectivity index (χ1) is 9.44. The second-order valence-corrected chi connectivity index (χ2v) is 6.62. The van der Waals surface area contributed by atoms with E-state index in [2.05, 4.69) is 48.0 Å². The molecule has 2 rings (SSSR count). The summed E-state index contributed by atoms with van der Waals surface area (Å²) in [4.78, 5) is 0. The molecule has 1 unspecified atom stereocenters. The normalized spacial score (nSPS) is 12.4. The SMILES string of the molecule is Cc1cc(C)cc(CC(O)Cc2ccc(Br)cc2Cl)c1. The van der Waals surface area contributed by atoms with E-state index in [1.807, 2.05) is 18.2 Å². The van der Waals surface area contributed by atoms with Crippen molar-refractivity contribution >= 4 is 27.5 Å². The molecule has 20 heavy (non-hydrogen) atoms. The third-order valence-electron chi connectivity index (χ3n) is 3.22. The van der Waals surface area contributed by atoms with Crippen molar-refractivity contribution in [2.45, 2.75) is 32.8 Å². The van der Waals surface area contributed by atoms with Crippen LogP contribution in [0, 0.1) is 13.8 Å². The zero-order valence-electron chi connectivity index (χ0n) is 11.7. The molecule has 106 valence electrons. The van der Waals surface area contributed by atoms with Crippen molar-refractivity contribution in [2.24, 2.45) is 0 Å².